The van der Waals surface area contributed by atoms with Gasteiger partial charge in [-0.15, -0.1) is 0 Å². The molecule has 0 heterocycles. The summed E-state index contributed by atoms with van der Waals surface area (Å²) in [7, 11) is -5.28. The summed E-state index contributed by atoms with van der Waals surface area (Å²) in [5.41, 5.74) is 0. The van der Waals surface area contributed by atoms with Crippen LogP contribution in [0.2, 0.25) is 38.8 Å². The Morgan fingerprint density at radius 1 is 1.00 bits per heavy atom. The molecule has 98 valence electrons. The first kappa shape index (κ1) is 16.4. The van der Waals surface area contributed by atoms with Crippen molar-refractivity contribution in [3.05, 3.63) is 0 Å². The van der Waals surface area contributed by atoms with Crippen LogP contribution in [0.1, 0.15) is 6.42 Å². The molecule has 0 saturated carbocycles. The lowest BCUT2D eigenvalue weighted by Gasteiger charge is -2.31. The first-order valence-corrected chi connectivity index (χ1v) is 13.5. The number of halogens is 3. The normalized spacial score (nSPS) is 13.9. The molecule has 0 fully saturated rings. The van der Waals surface area contributed by atoms with Crippen molar-refractivity contribution in [1.29, 1.82) is 0 Å². The molecule has 0 radical (unpaired) electrons. The quantitative estimate of drug-likeness (QED) is 0.700. The standard InChI is InChI=1S/C8H21F3O2Si3/c1-14(2)12-16(5,13-15(3)4)7-6-8(9,10)11/h14-15H,6-7H2,1-5H3. The molecule has 0 bridgehead atoms. The van der Waals surface area contributed by atoms with Gasteiger partial charge in [-0.05, 0) is 38.8 Å². The number of rotatable bonds is 6. The number of alkyl halides is 3. The molecule has 0 aliphatic heterocycles. The van der Waals surface area contributed by atoms with Crippen LogP contribution < -0.4 is 0 Å². The fraction of sp³-hybridized carbons (Fsp3) is 1.00. The van der Waals surface area contributed by atoms with Crippen LogP contribution in [0.5, 0.6) is 0 Å². The minimum absolute atomic E-state index is 0.0207. The SMILES string of the molecule is C[SiH](C)O[Si](C)(CCC(F)(F)F)O[SiH](C)C. The highest BCUT2D eigenvalue weighted by atomic mass is 28.5. The fourth-order valence-corrected chi connectivity index (χ4v) is 11.9. The first-order valence-electron chi connectivity index (χ1n) is 5.46. The van der Waals surface area contributed by atoms with Gasteiger partial charge in [0.25, 0.3) is 0 Å². The summed E-state index contributed by atoms with van der Waals surface area (Å²) in [6.45, 7) is 9.61. The Morgan fingerprint density at radius 2 is 1.38 bits per heavy atom. The Kier molecular flexibility index (Phi) is 6.48. The van der Waals surface area contributed by atoms with Crippen LogP contribution in [0.4, 0.5) is 13.2 Å². The van der Waals surface area contributed by atoms with Gasteiger partial charge in [0, 0.05) is 6.42 Å². The van der Waals surface area contributed by atoms with E-state index in [0.29, 0.717) is 0 Å². The molecular formula is C8H21F3O2Si3. The Balaban J connectivity index is 4.41. The monoisotopic (exact) mass is 290 g/mol. The molecule has 0 aromatic carbocycles. The lowest BCUT2D eigenvalue weighted by Crippen LogP contribution is -2.45. The molecule has 2 nitrogen and oxygen atoms in total. The van der Waals surface area contributed by atoms with Gasteiger partial charge in [-0.25, -0.2) is 0 Å². The van der Waals surface area contributed by atoms with Gasteiger partial charge in [0.2, 0.25) is 0 Å². The van der Waals surface area contributed by atoms with E-state index in [-0.39, 0.29) is 6.04 Å². The molecule has 0 N–H and O–H groups in total. The molecule has 0 aliphatic rings. The molecule has 0 unspecified atom stereocenters. The minimum Gasteiger partial charge on any atom is -0.439 e. The summed E-state index contributed by atoms with van der Waals surface area (Å²) in [4.78, 5) is 0. The highest BCUT2D eigenvalue weighted by Gasteiger charge is 2.38. The average Bonchev–Trinajstić information content (AvgIpc) is 1.96. The molecule has 0 saturated heterocycles. The van der Waals surface area contributed by atoms with Crippen LogP contribution in [0.3, 0.4) is 0 Å². The van der Waals surface area contributed by atoms with E-state index in [4.69, 9.17) is 8.23 Å². The Morgan fingerprint density at radius 3 is 1.62 bits per heavy atom. The van der Waals surface area contributed by atoms with E-state index in [9.17, 15) is 13.2 Å². The van der Waals surface area contributed by atoms with Gasteiger partial charge < -0.3 is 8.23 Å². The largest absolute Gasteiger partial charge is 0.439 e. The topological polar surface area (TPSA) is 18.5 Å². The Labute approximate surface area is 99.8 Å². The summed E-state index contributed by atoms with van der Waals surface area (Å²) in [6.07, 6.45) is -4.91. The van der Waals surface area contributed by atoms with E-state index in [1.54, 1.807) is 6.55 Å². The predicted octanol–water partition coefficient (Wildman–Crippen LogP) is 3.01. The molecule has 0 spiro atoms. The van der Waals surface area contributed by atoms with Crippen molar-refractivity contribution >= 4 is 26.6 Å². The average molecular weight is 291 g/mol. The zero-order chi connectivity index (χ0) is 13.0. The summed E-state index contributed by atoms with van der Waals surface area (Å²) < 4.78 is 48.1. The van der Waals surface area contributed by atoms with Crippen LogP contribution in [-0.4, -0.2) is 32.8 Å². The van der Waals surface area contributed by atoms with Crippen molar-refractivity contribution in [3.8, 4) is 0 Å². The first-order chi connectivity index (χ1) is 7.04. The van der Waals surface area contributed by atoms with Gasteiger partial charge in [-0.3, -0.25) is 0 Å². The summed E-state index contributed by atoms with van der Waals surface area (Å²) >= 11 is 0. The van der Waals surface area contributed by atoms with Gasteiger partial charge in [0.1, 0.15) is 0 Å². The lowest BCUT2D eigenvalue weighted by molar-refractivity contribution is -0.131. The summed E-state index contributed by atoms with van der Waals surface area (Å²) in [5, 5.41) is 0. The highest BCUT2D eigenvalue weighted by Crippen LogP contribution is 2.28. The molecular weight excluding hydrogens is 269 g/mol. The summed E-state index contributed by atoms with van der Waals surface area (Å²) in [6, 6.07) is 0.0207. The van der Waals surface area contributed by atoms with Crippen molar-refractivity contribution < 1.29 is 21.4 Å². The third-order valence-electron chi connectivity index (χ3n) is 1.83. The van der Waals surface area contributed by atoms with Crippen LogP contribution in [-0.2, 0) is 8.23 Å². The second-order valence-electron chi connectivity index (χ2n) is 4.58. The molecule has 0 aromatic heterocycles. The van der Waals surface area contributed by atoms with Crippen LogP contribution in [0.25, 0.3) is 0 Å². The van der Waals surface area contributed by atoms with E-state index in [1.165, 1.54) is 0 Å². The Hall–Kier alpha value is 0.361. The van der Waals surface area contributed by atoms with E-state index >= 15 is 0 Å². The van der Waals surface area contributed by atoms with Gasteiger partial charge >= 0.3 is 14.7 Å². The molecule has 8 heteroatoms. The minimum atomic E-state index is -4.11. The molecule has 16 heavy (non-hydrogen) atoms. The molecule has 0 atom stereocenters. The maximum Gasteiger partial charge on any atom is 0.389 e. The van der Waals surface area contributed by atoms with Crippen molar-refractivity contribution in [2.75, 3.05) is 0 Å². The molecule has 0 aromatic rings. The molecule has 0 aliphatic carbocycles. The second-order valence-corrected chi connectivity index (χ2v) is 13.4. The smallest absolute Gasteiger partial charge is 0.389 e. The highest BCUT2D eigenvalue weighted by molar-refractivity contribution is 6.79. The van der Waals surface area contributed by atoms with Crippen LogP contribution in [0.15, 0.2) is 0 Å². The predicted molar refractivity (Wildman–Crippen MR) is 67.0 cm³/mol. The van der Waals surface area contributed by atoms with E-state index in [1.807, 2.05) is 26.2 Å². The number of hydrogen-bond donors (Lipinski definition) is 0. The zero-order valence-corrected chi connectivity index (χ0v) is 13.8. The molecule has 0 rings (SSSR count). The fourth-order valence-electron chi connectivity index (χ4n) is 1.51. The maximum absolute atomic E-state index is 12.2. The van der Waals surface area contributed by atoms with E-state index in [0.717, 1.165) is 0 Å². The third kappa shape index (κ3) is 8.51. The van der Waals surface area contributed by atoms with Gasteiger partial charge in [0.15, 0.2) is 18.1 Å². The summed E-state index contributed by atoms with van der Waals surface area (Å²) in [5.74, 6) is 0. The van der Waals surface area contributed by atoms with Crippen molar-refractivity contribution in [2.45, 2.75) is 51.4 Å². The van der Waals surface area contributed by atoms with Crippen molar-refractivity contribution in [3.63, 3.8) is 0 Å². The third-order valence-corrected chi connectivity index (χ3v) is 10.8. The van der Waals surface area contributed by atoms with Crippen molar-refractivity contribution in [1.82, 2.24) is 0 Å². The van der Waals surface area contributed by atoms with Crippen LogP contribution in [0, 0.1) is 0 Å². The van der Waals surface area contributed by atoms with Gasteiger partial charge in [-0.1, -0.05) is 0 Å². The van der Waals surface area contributed by atoms with Crippen LogP contribution >= 0.6 is 0 Å². The Bertz CT molecular complexity index is 199. The van der Waals surface area contributed by atoms with E-state index < -0.39 is 39.2 Å². The van der Waals surface area contributed by atoms with Gasteiger partial charge in [-0.2, -0.15) is 13.2 Å². The second kappa shape index (κ2) is 6.34. The maximum atomic E-state index is 12.2. The molecule has 0 amide bonds. The van der Waals surface area contributed by atoms with Gasteiger partial charge in [0.05, 0.1) is 0 Å². The van der Waals surface area contributed by atoms with Crippen molar-refractivity contribution in [2.24, 2.45) is 0 Å². The zero-order valence-electron chi connectivity index (χ0n) is 10.5. The lowest BCUT2D eigenvalue weighted by atomic mass is 10.5. The van der Waals surface area contributed by atoms with E-state index in [2.05, 4.69) is 0 Å². The number of hydrogen-bond acceptors (Lipinski definition) is 2.